The van der Waals surface area contributed by atoms with Crippen molar-refractivity contribution in [2.24, 2.45) is 5.92 Å². The summed E-state index contributed by atoms with van der Waals surface area (Å²) in [7, 11) is 1.29. The van der Waals surface area contributed by atoms with Gasteiger partial charge in [0.2, 0.25) is 0 Å². The summed E-state index contributed by atoms with van der Waals surface area (Å²) in [6.45, 7) is 0. The molecule has 2 N–H and O–H groups in total. The van der Waals surface area contributed by atoms with Crippen LogP contribution in [-0.2, 0) is 14.3 Å². The van der Waals surface area contributed by atoms with Gasteiger partial charge in [-0.25, -0.2) is 0 Å². The zero-order valence-electron chi connectivity index (χ0n) is 10.8. The maximum absolute atomic E-state index is 11.2. The second-order valence-electron chi connectivity index (χ2n) is 4.27. The molecule has 19 heavy (non-hydrogen) atoms. The normalized spacial score (nSPS) is 13.6. The number of carbonyl (C=O) groups is 2. The number of hydrogen-bond donors (Lipinski definition) is 2. The van der Waals surface area contributed by atoms with Gasteiger partial charge in [-0.1, -0.05) is 30.3 Å². The van der Waals surface area contributed by atoms with Gasteiger partial charge in [-0.3, -0.25) is 9.59 Å². The Morgan fingerprint density at radius 3 is 2.42 bits per heavy atom. The summed E-state index contributed by atoms with van der Waals surface area (Å²) in [5.74, 6) is -2.37. The third kappa shape index (κ3) is 4.71. The molecule has 0 fully saturated rings. The third-order valence-electron chi connectivity index (χ3n) is 2.96. The van der Waals surface area contributed by atoms with Gasteiger partial charge in [0.05, 0.1) is 19.1 Å². The molecule has 0 aromatic heterocycles. The van der Waals surface area contributed by atoms with Gasteiger partial charge < -0.3 is 14.9 Å². The van der Waals surface area contributed by atoms with Crippen LogP contribution in [0, 0.1) is 5.92 Å². The van der Waals surface area contributed by atoms with Gasteiger partial charge in [0.25, 0.3) is 0 Å². The van der Waals surface area contributed by atoms with Gasteiger partial charge in [0.15, 0.2) is 0 Å². The lowest BCUT2D eigenvalue weighted by molar-refractivity contribution is -0.147. The highest BCUT2D eigenvalue weighted by atomic mass is 16.5. The zero-order valence-corrected chi connectivity index (χ0v) is 10.8. The van der Waals surface area contributed by atoms with Crippen molar-refractivity contribution in [3.8, 4) is 0 Å². The Labute approximate surface area is 111 Å². The Morgan fingerprint density at radius 2 is 1.89 bits per heavy atom. The number of ether oxygens (including phenoxy) is 1. The fraction of sp³-hybridized carbons (Fsp3) is 0.429. The zero-order chi connectivity index (χ0) is 14.3. The number of aliphatic hydroxyl groups is 1. The predicted octanol–water partition coefficient (Wildman–Crippen LogP) is 1.76. The molecule has 0 bridgehead atoms. The summed E-state index contributed by atoms with van der Waals surface area (Å²) >= 11 is 0. The van der Waals surface area contributed by atoms with E-state index in [0.717, 1.165) is 0 Å². The van der Waals surface area contributed by atoms with E-state index in [4.69, 9.17) is 5.11 Å². The van der Waals surface area contributed by atoms with Gasteiger partial charge >= 0.3 is 11.9 Å². The number of carbonyl (C=O) groups excluding carboxylic acids is 1. The van der Waals surface area contributed by atoms with Crippen molar-refractivity contribution in [1.82, 2.24) is 0 Å². The van der Waals surface area contributed by atoms with E-state index in [2.05, 4.69) is 4.74 Å². The Bertz CT molecular complexity index is 415. The molecule has 1 aromatic rings. The molecule has 1 rings (SSSR count). The van der Waals surface area contributed by atoms with E-state index >= 15 is 0 Å². The number of carboxylic acid groups (broad SMARTS) is 1. The Kier molecular flexibility index (Phi) is 6.02. The van der Waals surface area contributed by atoms with Crippen LogP contribution in [-0.4, -0.2) is 29.3 Å². The van der Waals surface area contributed by atoms with Crippen LogP contribution >= 0.6 is 0 Å². The lowest BCUT2D eigenvalue weighted by atomic mass is 9.91. The number of methoxy groups -OCH3 is 1. The van der Waals surface area contributed by atoms with Crippen LogP contribution in [0.25, 0.3) is 0 Å². The van der Waals surface area contributed by atoms with Gasteiger partial charge in [-0.15, -0.1) is 0 Å². The van der Waals surface area contributed by atoms with E-state index in [1.54, 1.807) is 30.3 Å². The largest absolute Gasteiger partial charge is 0.481 e. The molecule has 0 spiro atoms. The van der Waals surface area contributed by atoms with Gasteiger partial charge in [-0.05, 0) is 18.4 Å². The molecule has 2 atom stereocenters. The maximum atomic E-state index is 11.2. The molecular weight excluding hydrogens is 248 g/mol. The van der Waals surface area contributed by atoms with E-state index in [1.165, 1.54) is 7.11 Å². The van der Waals surface area contributed by atoms with Crippen molar-refractivity contribution in [2.45, 2.75) is 25.4 Å². The summed E-state index contributed by atoms with van der Waals surface area (Å²) in [6.07, 6.45) is -0.327. The summed E-state index contributed by atoms with van der Waals surface area (Å²) in [5, 5.41) is 19.2. The van der Waals surface area contributed by atoms with Gasteiger partial charge in [-0.2, -0.15) is 0 Å². The lowest BCUT2D eigenvalue weighted by Crippen LogP contribution is -2.22. The number of carboxylic acids is 1. The van der Waals surface area contributed by atoms with Crippen LogP contribution in [0.15, 0.2) is 30.3 Å². The highest BCUT2D eigenvalue weighted by Gasteiger charge is 2.27. The van der Waals surface area contributed by atoms with Crippen LogP contribution in [0.1, 0.15) is 30.9 Å². The predicted molar refractivity (Wildman–Crippen MR) is 68.4 cm³/mol. The monoisotopic (exact) mass is 266 g/mol. The number of rotatable bonds is 7. The number of aliphatic hydroxyl groups excluding tert-OH is 1. The second kappa shape index (κ2) is 7.53. The van der Waals surface area contributed by atoms with E-state index in [9.17, 15) is 14.7 Å². The average molecular weight is 266 g/mol. The van der Waals surface area contributed by atoms with Crippen molar-refractivity contribution < 1.29 is 24.5 Å². The molecule has 0 aliphatic rings. The molecule has 0 aliphatic carbocycles. The van der Waals surface area contributed by atoms with Crippen molar-refractivity contribution in [3.05, 3.63) is 35.9 Å². The van der Waals surface area contributed by atoms with Gasteiger partial charge in [0, 0.05) is 6.42 Å². The minimum absolute atomic E-state index is 0.155. The molecule has 5 nitrogen and oxygen atoms in total. The molecule has 1 aromatic carbocycles. The molecular formula is C14H18O5. The molecule has 0 aliphatic heterocycles. The lowest BCUT2D eigenvalue weighted by Gasteiger charge is -2.19. The average Bonchev–Trinajstić information content (AvgIpc) is 2.43. The fourth-order valence-corrected chi connectivity index (χ4v) is 1.87. The van der Waals surface area contributed by atoms with Crippen LogP contribution in [0.3, 0.4) is 0 Å². The summed E-state index contributed by atoms with van der Waals surface area (Å²) in [5.41, 5.74) is 0.563. The van der Waals surface area contributed by atoms with Crippen LogP contribution in [0.5, 0.6) is 0 Å². The topological polar surface area (TPSA) is 83.8 Å². The van der Waals surface area contributed by atoms with Crippen molar-refractivity contribution >= 4 is 11.9 Å². The minimum atomic E-state index is -1.07. The molecule has 0 amide bonds. The second-order valence-corrected chi connectivity index (χ2v) is 4.27. The SMILES string of the molecule is COC(=O)CCC[C@@H](C(=O)O)[C@@H](O)c1ccccc1. The molecule has 5 heteroatoms. The van der Waals surface area contributed by atoms with Crippen molar-refractivity contribution in [2.75, 3.05) is 7.11 Å². The minimum Gasteiger partial charge on any atom is -0.481 e. The van der Waals surface area contributed by atoms with E-state index in [-0.39, 0.29) is 18.8 Å². The Balaban J connectivity index is 2.62. The van der Waals surface area contributed by atoms with Crippen molar-refractivity contribution in [1.29, 1.82) is 0 Å². The first kappa shape index (κ1) is 15.2. The molecule has 0 radical (unpaired) electrons. The summed E-state index contributed by atoms with van der Waals surface area (Å²) in [6, 6.07) is 8.64. The number of benzene rings is 1. The van der Waals surface area contributed by atoms with Crippen molar-refractivity contribution in [3.63, 3.8) is 0 Å². The highest BCUT2D eigenvalue weighted by molar-refractivity contribution is 5.71. The van der Waals surface area contributed by atoms with E-state index in [1.807, 2.05) is 0 Å². The quantitative estimate of drug-likeness (QED) is 0.735. The van der Waals surface area contributed by atoms with Gasteiger partial charge in [0.1, 0.15) is 0 Å². The number of esters is 1. The standard InChI is InChI=1S/C14H18O5/c1-19-12(15)9-5-8-11(14(17)18)13(16)10-6-3-2-4-7-10/h2-4,6-7,11,13,16H,5,8-9H2,1H3,(H,17,18)/t11-,13+/m1/s1. The van der Waals surface area contributed by atoms with E-state index in [0.29, 0.717) is 12.0 Å². The number of hydrogen-bond acceptors (Lipinski definition) is 4. The summed E-state index contributed by atoms with van der Waals surface area (Å²) in [4.78, 5) is 22.2. The molecule has 104 valence electrons. The Hall–Kier alpha value is -1.88. The number of aliphatic carboxylic acids is 1. The third-order valence-corrected chi connectivity index (χ3v) is 2.96. The molecule has 0 unspecified atom stereocenters. The first-order valence-corrected chi connectivity index (χ1v) is 6.09. The first-order chi connectivity index (χ1) is 9.06. The van der Waals surface area contributed by atoms with Crippen LogP contribution in [0.2, 0.25) is 0 Å². The maximum Gasteiger partial charge on any atom is 0.309 e. The summed E-state index contributed by atoms with van der Waals surface area (Å²) < 4.78 is 4.49. The fourth-order valence-electron chi connectivity index (χ4n) is 1.87. The Morgan fingerprint density at radius 1 is 1.26 bits per heavy atom. The molecule has 0 saturated carbocycles. The molecule has 0 heterocycles. The van der Waals surface area contributed by atoms with Crippen LogP contribution in [0.4, 0.5) is 0 Å². The van der Waals surface area contributed by atoms with E-state index < -0.39 is 18.0 Å². The first-order valence-electron chi connectivity index (χ1n) is 6.09. The highest BCUT2D eigenvalue weighted by Crippen LogP contribution is 2.26. The smallest absolute Gasteiger partial charge is 0.309 e. The van der Waals surface area contributed by atoms with Crippen LogP contribution < -0.4 is 0 Å². The molecule has 0 saturated heterocycles.